The molecule has 0 fully saturated rings. The van der Waals surface area contributed by atoms with Gasteiger partial charge in [0, 0.05) is 12.1 Å². The summed E-state index contributed by atoms with van der Waals surface area (Å²) in [6, 6.07) is 0. The summed E-state index contributed by atoms with van der Waals surface area (Å²) in [4.78, 5) is 0. The average molecular weight is 279 g/mol. The zero-order valence-electron chi connectivity index (χ0n) is 13.6. The third-order valence-corrected chi connectivity index (χ3v) is 1.62. The van der Waals surface area contributed by atoms with Crippen molar-refractivity contribution in [2.45, 2.75) is 85.7 Å². The molecule has 0 saturated carbocycles. The SMILES string of the molecule is CC(C)(C)N.CCCCOC(C)OC(C)OC(C)O. The van der Waals surface area contributed by atoms with Crippen molar-refractivity contribution in [2.75, 3.05) is 6.61 Å². The van der Waals surface area contributed by atoms with Gasteiger partial charge in [0.25, 0.3) is 0 Å². The highest BCUT2D eigenvalue weighted by atomic mass is 16.8. The zero-order valence-corrected chi connectivity index (χ0v) is 13.6. The number of aliphatic hydroxyl groups excluding tert-OH is 1. The fourth-order valence-electron chi connectivity index (χ4n) is 1.01. The summed E-state index contributed by atoms with van der Waals surface area (Å²) in [5.41, 5.74) is 5.35. The molecule has 0 heterocycles. The minimum atomic E-state index is -0.812. The molecular weight excluding hydrogens is 246 g/mol. The third-order valence-electron chi connectivity index (χ3n) is 1.62. The molecule has 5 heteroatoms. The number of rotatable bonds is 8. The molecule has 0 aromatic rings. The van der Waals surface area contributed by atoms with Gasteiger partial charge in [0.1, 0.15) is 0 Å². The van der Waals surface area contributed by atoms with Crippen LogP contribution in [0.2, 0.25) is 0 Å². The molecule has 0 aliphatic rings. The Morgan fingerprint density at radius 3 is 1.89 bits per heavy atom. The van der Waals surface area contributed by atoms with E-state index < -0.39 is 12.6 Å². The molecule has 0 spiro atoms. The van der Waals surface area contributed by atoms with E-state index in [1.54, 1.807) is 13.8 Å². The molecule has 0 aliphatic heterocycles. The van der Waals surface area contributed by atoms with Crippen molar-refractivity contribution < 1.29 is 19.3 Å². The first-order valence-electron chi connectivity index (χ1n) is 6.95. The first-order valence-corrected chi connectivity index (χ1v) is 6.95. The standard InChI is InChI=1S/C10H22O4.C4H11N/c1-5-6-7-12-9(3)14-10(4)13-8(2)11;1-4(2,3)5/h8-11H,5-7H2,1-4H3;5H2,1-3H3. The molecular formula is C14H33NO4. The van der Waals surface area contributed by atoms with Gasteiger partial charge >= 0.3 is 0 Å². The highest BCUT2D eigenvalue weighted by molar-refractivity contribution is 4.60. The molecule has 3 N–H and O–H groups in total. The summed E-state index contributed by atoms with van der Waals surface area (Å²) in [6.45, 7) is 13.8. The van der Waals surface area contributed by atoms with Crippen LogP contribution in [-0.2, 0) is 14.2 Å². The van der Waals surface area contributed by atoms with E-state index in [9.17, 15) is 0 Å². The van der Waals surface area contributed by atoms with Crippen molar-refractivity contribution in [1.82, 2.24) is 0 Å². The first-order chi connectivity index (χ1) is 8.56. The van der Waals surface area contributed by atoms with Gasteiger partial charge in [-0.05, 0) is 48.0 Å². The molecule has 0 aromatic carbocycles. The minimum absolute atomic E-state index is 0. The van der Waals surface area contributed by atoms with Gasteiger partial charge in [-0.15, -0.1) is 0 Å². The fourth-order valence-corrected chi connectivity index (χ4v) is 1.01. The van der Waals surface area contributed by atoms with Crippen molar-refractivity contribution in [3.63, 3.8) is 0 Å². The second kappa shape index (κ2) is 11.6. The van der Waals surface area contributed by atoms with Crippen LogP contribution in [-0.4, -0.2) is 36.1 Å². The van der Waals surface area contributed by atoms with Crippen LogP contribution >= 0.6 is 0 Å². The lowest BCUT2D eigenvalue weighted by atomic mass is 10.1. The van der Waals surface area contributed by atoms with E-state index in [4.69, 9.17) is 25.1 Å². The maximum absolute atomic E-state index is 8.91. The Morgan fingerprint density at radius 1 is 1.05 bits per heavy atom. The predicted octanol–water partition coefficient (Wildman–Crippen LogP) is 2.61. The average Bonchev–Trinajstić information content (AvgIpc) is 2.13. The summed E-state index contributed by atoms with van der Waals surface area (Å²) in [5, 5.41) is 8.91. The van der Waals surface area contributed by atoms with Crippen LogP contribution in [0.5, 0.6) is 0 Å². The topological polar surface area (TPSA) is 73.9 Å². The van der Waals surface area contributed by atoms with Crippen molar-refractivity contribution in [2.24, 2.45) is 5.73 Å². The van der Waals surface area contributed by atoms with E-state index >= 15 is 0 Å². The molecule has 5 nitrogen and oxygen atoms in total. The monoisotopic (exact) mass is 279 g/mol. The van der Waals surface area contributed by atoms with E-state index in [1.807, 2.05) is 27.7 Å². The van der Waals surface area contributed by atoms with Crippen LogP contribution in [0.25, 0.3) is 0 Å². The minimum Gasteiger partial charge on any atom is -0.368 e. The smallest absolute Gasteiger partial charge is 0.161 e. The van der Waals surface area contributed by atoms with E-state index in [0.717, 1.165) is 12.8 Å². The van der Waals surface area contributed by atoms with Gasteiger partial charge in [-0.2, -0.15) is 0 Å². The van der Waals surface area contributed by atoms with Crippen molar-refractivity contribution in [3.8, 4) is 0 Å². The number of aliphatic hydroxyl groups is 1. The molecule has 0 radical (unpaired) electrons. The number of hydrogen-bond acceptors (Lipinski definition) is 5. The number of unbranched alkanes of at least 4 members (excludes halogenated alkanes) is 1. The first kappa shape index (κ1) is 21.1. The Hall–Kier alpha value is -0.200. The van der Waals surface area contributed by atoms with E-state index in [2.05, 4.69) is 6.92 Å². The highest BCUT2D eigenvalue weighted by Crippen LogP contribution is 2.04. The second-order valence-electron chi connectivity index (χ2n) is 5.60. The normalized spacial score (nSPS) is 16.3. The Balaban J connectivity index is 0. The van der Waals surface area contributed by atoms with Crippen LogP contribution in [0, 0.1) is 0 Å². The van der Waals surface area contributed by atoms with E-state index in [1.165, 1.54) is 0 Å². The molecule has 0 aliphatic carbocycles. The van der Waals surface area contributed by atoms with Crippen LogP contribution in [0.4, 0.5) is 0 Å². The molecule has 19 heavy (non-hydrogen) atoms. The lowest BCUT2D eigenvalue weighted by molar-refractivity contribution is -0.270. The van der Waals surface area contributed by atoms with Crippen LogP contribution in [0.15, 0.2) is 0 Å². The predicted molar refractivity (Wildman–Crippen MR) is 77.6 cm³/mol. The van der Waals surface area contributed by atoms with Crippen molar-refractivity contribution in [3.05, 3.63) is 0 Å². The van der Waals surface area contributed by atoms with Gasteiger partial charge in [-0.25, -0.2) is 0 Å². The highest BCUT2D eigenvalue weighted by Gasteiger charge is 2.10. The van der Waals surface area contributed by atoms with Gasteiger partial charge in [-0.1, -0.05) is 13.3 Å². The van der Waals surface area contributed by atoms with Crippen LogP contribution in [0.3, 0.4) is 0 Å². The maximum atomic E-state index is 8.91. The lowest BCUT2D eigenvalue weighted by Crippen LogP contribution is -2.26. The molecule has 3 atom stereocenters. The van der Waals surface area contributed by atoms with Gasteiger partial charge in [-0.3, -0.25) is 0 Å². The van der Waals surface area contributed by atoms with Gasteiger partial charge in [0.2, 0.25) is 0 Å². The van der Waals surface area contributed by atoms with Crippen LogP contribution in [0.1, 0.15) is 61.3 Å². The summed E-state index contributed by atoms with van der Waals surface area (Å²) < 4.78 is 15.6. The Morgan fingerprint density at radius 2 is 1.53 bits per heavy atom. The van der Waals surface area contributed by atoms with Gasteiger partial charge in [0.15, 0.2) is 18.9 Å². The van der Waals surface area contributed by atoms with E-state index in [-0.39, 0.29) is 11.8 Å². The molecule has 118 valence electrons. The lowest BCUT2D eigenvalue weighted by Gasteiger charge is -2.20. The zero-order chi connectivity index (χ0) is 15.5. The molecule has 0 rings (SSSR count). The van der Waals surface area contributed by atoms with Crippen LogP contribution < -0.4 is 5.73 Å². The summed E-state index contributed by atoms with van der Waals surface area (Å²) in [7, 11) is 0. The number of ether oxygens (including phenoxy) is 3. The Kier molecular flexibility index (Phi) is 12.9. The number of nitrogens with two attached hydrogens (primary N) is 1. The summed E-state index contributed by atoms with van der Waals surface area (Å²) >= 11 is 0. The van der Waals surface area contributed by atoms with Crippen molar-refractivity contribution >= 4 is 0 Å². The summed E-state index contributed by atoms with van der Waals surface area (Å²) in [5.74, 6) is 0. The molecule has 3 unspecified atom stereocenters. The Bertz CT molecular complexity index is 186. The third kappa shape index (κ3) is 27.1. The van der Waals surface area contributed by atoms with Crippen molar-refractivity contribution in [1.29, 1.82) is 0 Å². The van der Waals surface area contributed by atoms with Gasteiger partial charge < -0.3 is 25.1 Å². The second-order valence-corrected chi connectivity index (χ2v) is 5.60. The molecule has 0 saturated heterocycles. The molecule has 0 amide bonds. The molecule has 0 bridgehead atoms. The fraction of sp³-hybridized carbons (Fsp3) is 1.00. The largest absolute Gasteiger partial charge is 0.368 e. The molecule has 0 aromatic heterocycles. The van der Waals surface area contributed by atoms with Gasteiger partial charge in [0.05, 0.1) is 0 Å². The van der Waals surface area contributed by atoms with E-state index in [0.29, 0.717) is 6.61 Å². The number of hydrogen-bond donors (Lipinski definition) is 2. The summed E-state index contributed by atoms with van der Waals surface area (Å²) in [6.07, 6.45) is 0.570. The maximum Gasteiger partial charge on any atom is 0.161 e. The quantitative estimate of drug-likeness (QED) is 0.528. The Labute approximate surface area is 118 Å².